The lowest BCUT2D eigenvalue weighted by atomic mass is 9.55. The Balaban J connectivity index is 1.67. The van der Waals surface area contributed by atoms with Gasteiger partial charge in [-0.1, -0.05) is 114 Å². The van der Waals surface area contributed by atoms with Crippen molar-refractivity contribution in [1.29, 1.82) is 0 Å². The van der Waals surface area contributed by atoms with Gasteiger partial charge in [0.1, 0.15) is 0 Å². The van der Waals surface area contributed by atoms with Crippen LogP contribution < -0.4 is 10.9 Å². The van der Waals surface area contributed by atoms with E-state index in [1.165, 1.54) is 99.3 Å². The SMILES string of the molecule is CCCCCCCC1(CCCCCCC)c2cc3ccc2-c2ccc(cc21)B3F. The predicted octanol–water partition coefficient (Wildman–Crippen LogP) is 7.06. The van der Waals surface area contributed by atoms with E-state index in [9.17, 15) is 0 Å². The Hall–Kier alpha value is -1.57. The normalized spacial score (nSPS) is 15.2. The molecule has 0 amide bonds. The second-order valence-electron chi connectivity index (χ2n) is 9.38. The molecule has 0 N–H and O–H groups in total. The molecule has 0 radical (unpaired) electrons. The Morgan fingerprint density at radius 3 is 1.55 bits per heavy atom. The van der Waals surface area contributed by atoms with Gasteiger partial charge in [-0.15, -0.1) is 0 Å². The molecule has 0 fully saturated rings. The summed E-state index contributed by atoms with van der Waals surface area (Å²) in [5.41, 5.74) is 7.39. The summed E-state index contributed by atoms with van der Waals surface area (Å²) >= 11 is 0. The summed E-state index contributed by atoms with van der Waals surface area (Å²) in [7, 11) is 0. The predicted molar refractivity (Wildman–Crippen MR) is 126 cm³/mol. The molecule has 2 heteroatoms. The van der Waals surface area contributed by atoms with Crippen LogP contribution in [0, 0.1) is 0 Å². The highest BCUT2D eigenvalue weighted by Gasteiger charge is 2.44. The molecule has 1 aliphatic heterocycles. The first-order valence-electron chi connectivity index (χ1n) is 12.1. The van der Waals surface area contributed by atoms with Crippen molar-refractivity contribution in [3.63, 3.8) is 0 Å². The summed E-state index contributed by atoms with van der Waals surface area (Å²) in [6, 6.07) is 12.9. The first-order chi connectivity index (χ1) is 14.2. The van der Waals surface area contributed by atoms with E-state index in [1.807, 2.05) is 12.1 Å². The molecule has 2 aromatic rings. The number of rotatable bonds is 12. The quantitative estimate of drug-likeness (QED) is 0.269. The van der Waals surface area contributed by atoms with Gasteiger partial charge in [0.25, 0.3) is 0 Å². The number of hydrogen-bond acceptors (Lipinski definition) is 0. The molecule has 1 aliphatic carbocycles. The van der Waals surface area contributed by atoms with E-state index in [0.717, 1.165) is 10.9 Å². The molecule has 2 aliphatic rings. The topological polar surface area (TPSA) is 0 Å². The first kappa shape index (κ1) is 20.7. The molecule has 29 heavy (non-hydrogen) atoms. The van der Waals surface area contributed by atoms with Crippen molar-refractivity contribution in [3.8, 4) is 11.1 Å². The molecule has 2 aromatic carbocycles. The van der Waals surface area contributed by atoms with Gasteiger partial charge in [-0.25, -0.2) is 0 Å². The molecule has 4 bridgehead atoms. The van der Waals surface area contributed by atoms with Crippen molar-refractivity contribution < 1.29 is 4.32 Å². The van der Waals surface area contributed by atoms with Crippen LogP contribution >= 0.6 is 0 Å². The van der Waals surface area contributed by atoms with E-state index in [4.69, 9.17) is 0 Å². The number of fused-ring (bicyclic) bond motifs is 3. The van der Waals surface area contributed by atoms with Crippen LogP contribution in [0.1, 0.15) is 102 Å². The third-order valence-corrected chi connectivity index (χ3v) is 7.41. The Labute approximate surface area is 177 Å². The zero-order chi connectivity index (χ0) is 20.3. The lowest BCUT2D eigenvalue weighted by molar-refractivity contribution is 0.399. The molecule has 0 spiro atoms. The van der Waals surface area contributed by atoms with Crippen molar-refractivity contribution in [2.45, 2.75) is 96.3 Å². The van der Waals surface area contributed by atoms with Crippen LogP contribution in [0.4, 0.5) is 4.32 Å². The zero-order valence-corrected chi connectivity index (χ0v) is 18.4. The number of benzene rings is 2. The van der Waals surface area contributed by atoms with Crippen molar-refractivity contribution in [2.75, 3.05) is 0 Å². The van der Waals surface area contributed by atoms with Gasteiger partial charge < -0.3 is 4.32 Å². The number of halogens is 1. The fraction of sp³-hybridized carbons (Fsp3) is 0.556. The van der Waals surface area contributed by atoms with Gasteiger partial charge in [0.2, 0.25) is 0 Å². The largest absolute Gasteiger partial charge is 0.413 e. The number of hydrogen-bond donors (Lipinski definition) is 0. The molecule has 0 unspecified atom stereocenters. The standard InChI is InChI=1S/C27H36BF/c1-3-5-7-9-11-17-27(18-12-10-8-6-4-2)25-19-21-13-15-23(25)24-16-14-22(28(21)29)20-26(24)27/h13-16,19-20H,3-12,17-18H2,1-2H3. The van der Waals surface area contributed by atoms with Crippen LogP contribution in [0.25, 0.3) is 11.1 Å². The molecule has 0 nitrogen and oxygen atoms in total. The van der Waals surface area contributed by atoms with Crippen molar-refractivity contribution >= 4 is 17.9 Å². The lowest BCUT2D eigenvalue weighted by Gasteiger charge is -2.34. The van der Waals surface area contributed by atoms with E-state index < -0.39 is 6.99 Å². The highest BCUT2D eigenvalue weighted by Crippen LogP contribution is 2.54. The lowest BCUT2D eigenvalue weighted by Crippen LogP contribution is -2.41. The molecule has 0 atom stereocenters. The minimum absolute atomic E-state index is 0.106. The smallest absolute Gasteiger partial charge is 0.322 e. The summed E-state index contributed by atoms with van der Waals surface area (Å²) in [6.45, 7) is 3.58. The first-order valence-corrected chi connectivity index (χ1v) is 12.1. The summed E-state index contributed by atoms with van der Waals surface area (Å²) < 4.78 is 15.1. The average molecular weight is 390 g/mol. The van der Waals surface area contributed by atoms with Crippen LogP contribution in [-0.4, -0.2) is 6.99 Å². The summed E-state index contributed by atoms with van der Waals surface area (Å²) in [5.74, 6) is 0. The van der Waals surface area contributed by atoms with Crippen molar-refractivity contribution in [3.05, 3.63) is 47.5 Å². The second-order valence-corrected chi connectivity index (χ2v) is 9.38. The molecule has 0 saturated carbocycles. The summed E-state index contributed by atoms with van der Waals surface area (Å²) in [6.07, 6.45) is 15.6. The Kier molecular flexibility index (Phi) is 6.47. The fourth-order valence-corrected chi connectivity index (χ4v) is 5.76. The third kappa shape index (κ3) is 3.80. The van der Waals surface area contributed by atoms with E-state index in [-0.39, 0.29) is 5.41 Å². The highest BCUT2D eigenvalue weighted by molar-refractivity contribution is 6.79. The fourth-order valence-electron chi connectivity index (χ4n) is 5.76. The highest BCUT2D eigenvalue weighted by atomic mass is 19.1. The van der Waals surface area contributed by atoms with Crippen LogP contribution in [-0.2, 0) is 5.41 Å². The Morgan fingerprint density at radius 1 is 0.655 bits per heavy atom. The van der Waals surface area contributed by atoms with Gasteiger partial charge in [0, 0.05) is 5.41 Å². The molecular weight excluding hydrogens is 354 g/mol. The maximum absolute atomic E-state index is 15.1. The monoisotopic (exact) mass is 390 g/mol. The Bertz CT molecular complexity index is 771. The minimum Gasteiger partial charge on any atom is -0.322 e. The average Bonchev–Trinajstić information content (AvgIpc) is 3.09. The maximum atomic E-state index is 15.1. The summed E-state index contributed by atoms with van der Waals surface area (Å²) in [5, 5.41) is 0. The van der Waals surface area contributed by atoms with Gasteiger partial charge in [0.15, 0.2) is 0 Å². The summed E-state index contributed by atoms with van der Waals surface area (Å²) in [4.78, 5) is 0. The van der Waals surface area contributed by atoms with Crippen molar-refractivity contribution in [1.82, 2.24) is 0 Å². The molecule has 154 valence electrons. The van der Waals surface area contributed by atoms with Crippen LogP contribution in [0.3, 0.4) is 0 Å². The molecule has 0 aromatic heterocycles. The van der Waals surface area contributed by atoms with Gasteiger partial charge in [-0.05, 0) is 46.0 Å². The minimum atomic E-state index is -0.985. The van der Waals surface area contributed by atoms with Gasteiger partial charge in [-0.2, -0.15) is 0 Å². The molecule has 4 rings (SSSR count). The van der Waals surface area contributed by atoms with E-state index in [1.54, 1.807) is 0 Å². The van der Waals surface area contributed by atoms with Gasteiger partial charge in [-0.3, -0.25) is 0 Å². The zero-order valence-electron chi connectivity index (χ0n) is 18.4. The number of unbranched alkanes of at least 4 members (excludes halogenated alkanes) is 8. The van der Waals surface area contributed by atoms with Crippen LogP contribution in [0.15, 0.2) is 36.4 Å². The second kappa shape index (κ2) is 9.06. The molecule has 1 heterocycles. The third-order valence-electron chi connectivity index (χ3n) is 7.41. The van der Waals surface area contributed by atoms with Crippen molar-refractivity contribution in [2.24, 2.45) is 0 Å². The van der Waals surface area contributed by atoms with E-state index in [2.05, 4.69) is 38.1 Å². The van der Waals surface area contributed by atoms with Crippen LogP contribution in [0.2, 0.25) is 0 Å². The van der Waals surface area contributed by atoms with Crippen LogP contribution in [0.5, 0.6) is 0 Å². The molecule has 0 saturated heterocycles. The van der Waals surface area contributed by atoms with E-state index in [0.29, 0.717) is 0 Å². The van der Waals surface area contributed by atoms with Gasteiger partial charge >= 0.3 is 6.99 Å². The van der Waals surface area contributed by atoms with Gasteiger partial charge in [0.05, 0.1) is 0 Å². The Morgan fingerprint density at radius 2 is 1.10 bits per heavy atom. The van der Waals surface area contributed by atoms with E-state index >= 15 is 4.32 Å². The maximum Gasteiger partial charge on any atom is 0.413 e. The molecular formula is C27H36BF.